The van der Waals surface area contributed by atoms with Crippen LogP contribution in [-0.2, 0) is 14.8 Å². The highest BCUT2D eigenvalue weighted by atomic mass is 32.2. The molecule has 8 heteroatoms. The molecule has 4 rings (SSSR count). The number of hydrogen-bond donors (Lipinski definition) is 0. The third-order valence-electron chi connectivity index (χ3n) is 5.60. The van der Waals surface area contributed by atoms with E-state index in [1.807, 2.05) is 6.92 Å². The summed E-state index contributed by atoms with van der Waals surface area (Å²) in [5.41, 5.74) is 1.45. The Bertz CT molecular complexity index is 1060. The molecule has 158 valence electrons. The number of rotatable bonds is 3. The monoisotopic (exact) mass is 427 g/mol. The fourth-order valence-corrected chi connectivity index (χ4v) is 5.54. The quantitative estimate of drug-likeness (QED) is 0.751. The SMILES string of the molecule is Cc1ccc(N2C(=O)N(CC(=O)N3CCCCCC3)c3ccccc3S2(=O)=O)cc1. The first-order valence-electron chi connectivity index (χ1n) is 10.2. The second kappa shape index (κ2) is 8.10. The van der Waals surface area contributed by atoms with E-state index in [9.17, 15) is 18.0 Å². The van der Waals surface area contributed by atoms with Gasteiger partial charge in [-0.15, -0.1) is 0 Å². The number of anilines is 2. The summed E-state index contributed by atoms with van der Waals surface area (Å²) in [4.78, 5) is 29.4. The van der Waals surface area contributed by atoms with E-state index in [0.29, 0.717) is 13.1 Å². The smallest absolute Gasteiger partial charge is 0.341 e. The summed E-state index contributed by atoms with van der Waals surface area (Å²) >= 11 is 0. The summed E-state index contributed by atoms with van der Waals surface area (Å²) < 4.78 is 27.3. The topological polar surface area (TPSA) is 78.0 Å². The normalized spacial score (nSPS) is 18.7. The molecular formula is C22H25N3O4S. The van der Waals surface area contributed by atoms with Crippen LogP contribution in [0.5, 0.6) is 0 Å². The van der Waals surface area contributed by atoms with Gasteiger partial charge in [-0.25, -0.2) is 13.2 Å². The van der Waals surface area contributed by atoms with Gasteiger partial charge in [0.25, 0.3) is 10.0 Å². The number of para-hydroxylation sites is 1. The van der Waals surface area contributed by atoms with Crippen LogP contribution in [0, 0.1) is 6.92 Å². The van der Waals surface area contributed by atoms with Crippen LogP contribution in [-0.4, -0.2) is 44.9 Å². The molecule has 2 heterocycles. The van der Waals surface area contributed by atoms with Crippen molar-refractivity contribution in [1.82, 2.24) is 4.90 Å². The van der Waals surface area contributed by atoms with Gasteiger partial charge in [-0.1, -0.05) is 42.7 Å². The Hall–Kier alpha value is -2.87. The Balaban J connectivity index is 1.73. The van der Waals surface area contributed by atoms with Crippen LogP contribution in [0.1, 0.15) is 31.2 Å². The van der Waals surface area contributed by atoms with E-state index in [1.165, 1.54) is 11.0 Å². The molecule has 0 unspecified atom stereocenters. The van der Waals surface area contributed by atoms with Crippen molar-refractivity contribution in [2.45, 2.75) is 37.5 Å². The molecule has 3 amide bonds. The summed E-state index contributed by atoms with van der Waals surface area (Å²) in [6.45, 7) is 3.04. The van der Waals surface area contributed by atoms with E-state index in [1.54, 1.807) is 47.4 Å². The molecule has 2 aromatic rings. The van der Waals surface area contributed by atoms with E-state index in [4.69, 9.17) is 0 Å². The van der Waals surface area contributed by atoms with Gasteiger partial charge in [-0.05, 0) is 44.0 Å². The standard InChI is InChI=1S/C22H25N3O4S/c1-17-10-12-18(13-11-17)25-22(27)24(16-21(26)23-14-6-2-3-7-15-23)19-8-4-5-9-20(19)30(25,28)29/h4-5,8-13H,2-3,6-7,14-16H2,1H3. The molecule has 1 fully saturated rings. The minimum absolute atomic E-state index is 0.0221. The van der Waals surface area contributed by atoms with Crippen molar-refractivity contribution >= 4 is 33.3 Å². The molecule has 0 aliphatic carbocycles. The lowest BCUT2D eigenvalue weighted by atomic mass is 10.2. The number of likely N-dealkylation sites (tertiary alicyclic amines) is 1. The number of sulfonamides is 1. The zero-order valence-electron chi connectivity index (χ0n) is 17.0. The zero-order valence-corrected chi connectivity index (χ0v) is 17.8. The first kappa shape index (κ1) is 20.4. The van der Waals surface area contributed by atoms with E-state index < -0.39 is 16.1 Å². The molecule has 0 N–H and O–H groups in total. The van der Waals surface area contributed by atoms with Gasteiger partial charge in [-0.2, -0.15) is 4.31 Å². The maximum absolute atomic E-state index is 13.4. The molecular weight excluding hydrogens is 402 g/mol. The van der Waals surface area contributed by atoms with Crippen LogP contribution in [0.2, 0.25) is 0 Å². The Morgan fingerprint density at radius 1 is 0.933 bits per heavy atom. The van der Waals surface area contributed by atoms with Crippen LogP contribution in [0.15, 0.2) is 53.4 Å². The first-order chi connectivity index (χ1) is 14.4. The number of amides is 3. The van der Waals surface area contributed by atoms with Crippen LogP contribution in [0.25, 0.3) is 0 Å². The Morgan fingerprint density at radius 2 is 1.57 bits per heavy atom. The number of fused-ring (bicyclic) bond motifs is 1. The lowest BCUT2D eigenvalue weighted by molar-refractivity contribution is -0.129. The van der Waals surface area contributed by atoms with Gasteiger partial charge in [0.05, 0.1) is 11.4 Å². The summed E-state index contributed by atoms with van der Waals surface area (Å²) in [6.07, 6.45) is 4.07. The zero-order chi connectivity index (χ0) is 21.3. The van der Waals surface area contributed by atoms with Crippen LogP contribution < -0.4 is 9.21 Å². The molecule has 0 radical (unpaired) electrons. The summed E-state index contributed by atoms with van der Waals surface area (Å²) in [5.74, 6) is -0.164. The van der Waals surface area contributed by atoms with E-state index in [0.717, 1.165) is 35.6 Å². The second-order valence-corrected chi connectivity index (χ2v) is 9.49. The van der Waals surface area contributed by atoms with Crippen molar-refractivity contribution in [3.63, 3.8) is 0 Å². The van der Waals surface area contributed by atoms with E-state index in [-0.39, 0.29) is 28.7 Å². The average molecular weight is 428 g/mol. The predicted molar refractivity (Wildman–Crippen MR) is 115 cm³/mol. The second-order valence-electron chi connectivity index (χ2n) is 7.74. The van der Waals surface area contributed by atoms with Gasteiger partial charge >= 0.3 is 6.03 Å². The van der Waals surface area contributed by atoms with Crippen LogP contribution in [0.3, 0.4) is 0 Å². The number of carbonyl (C=O) groups is 2. The highest BCUT2D eigenvalue weighted by Gasteiger charge is 2.43. The van der Waals surface area contributed by atoms with Crippen molar-refractivity contribution < 1.29 is 18.0 Å². The molecule has 2 aliphatic rings. The lowest BCUT2D eigenvalue weighted by Gasteiger charge is -2.36. The molecule has 7 nitrogen and oxygen atoms in total. The minimum atomic E-state index is -4.08. The number of carbonyl (C=O) groups excluding carboxylic acids is 2. The molecule has 2 aliphatic heterocycles. The molecule has 1 saturated heterocycles. The third kappa shape index (κ3) is 3.67. The molecule has 2 aromatic carbocycles. The molecule has 0 atom stereocenters. The molecule has 0 spiro atoms. The number of urea groups is 1. The minimum Gasteiger partial charge on any atom is -0.341 e. The maximum Gasteiger partial charge on any atom is 0.343 e. The van der Waals surface area contributed by atoms with Crippen molar-refractivity contribution in [3.05, 3.63) is 54.1 Å². The molecule has 30 heavy (non-hydrogen) atoms. The highest BCUT2D eigenvalue weighted by Crippen LogP contribution is 2.37. The Morgan fingerprint density at radius 3 is 2.23 bits per heavy atom. The first-order valence-corrected chi connectivity index (χ1v) is 11.6. The van der Waals surface area contributed by atoms with Crippen LogP contribution >= 0.6 is 0 Å². The van der Waals surface area contributed by atoms with Crippen molar-refractivity contribution in [1.29, 1.82) is 0 Å². The summed E-state index contributed by atoms with van der Waals surface area (Å²) in [6, 6.07) is 12.3. The van der Waals surface area contributed by atoms with Crippen molar-refractivity contribution in [3.8, 4) is 0 Å². The summed E-state index contributed by atoms with van der Waals surface area (Å²) in [7, 11) is -4.08. The van der Waals surface area contributed by atoms with Crippen molar-refractivity contribution in [2.24, 2.45) is 0 Å². The van der Waals surface area contributed by atoms with Gasteiger partial charge in [0, 0.05) is 13.1 Å². The third-order valence-corrected chi connectivity index (χ3v) is 7.35. The van der Waals surface area contributed by atoms with Gasteiger partial charge in [0.1, 0.15) is 11.4 Å². The van der Waals surface area contributed by atoms with E-state index in [2.05, 4.69) is 0 Å². The van der Waals surface area contributed by atoms with Gasteiger partial charge in [0.2, 0.25) is 5.91 Å². The number of hydrogen-bond acceptors (Lipinski definition) is 4. The van der Waals surface area contributed by atoms with Crippen LogP contribution in [0.4, 0.5) is 16.2 Å². The number of nitrogens with zero attached hydrogens (tertiary/aromatic N) is 3. The molecule has 0 bridgehead atoms. The Labute approximate surface area is 176 Å². The van der Waals surface area contributed by atoms with Gasteiger partial charge in [0.15, 0.2) is 0 Å². The summed E-state index contributed by atoms with van der Waals surface area (Å²) in [5, 5.41) is 0. The predicted octanol–water partition coefficient (Wildman–Crippen LogP) is 3.53. The van der Waals surface area contributed by atoms with Crippen molar-refractivity contribution in [2.75, 3.05) is 28.8 Å². The fourth-order valence-electron chi connectivity index (χ4n) is 3.95. The fraction of sp³-hybridized carbons (Fsp3) is 0.364. The number of aryl methyl sites for hydroxylation is 1. The van der Waals surface area contributed by atoms with Gasteiger partial charge in [-0.3, -0.25) is 9.69 Å². The largest absolute Gasteiger partial charge is 0.343 e. The maximum atomic E-state index is 13.4. The molecule has 0 aromatic heterocycles. The van der Waals surface area contributed by atoms with E-state index >= 15 is 0 Å². The molecule has 0 saturated carbocycles. The van der Waals surface area contributed by atoms with Gasteiger partial charge < -0.3 is 4.90 Å². The Kier molecular flexibility index (Phi) is 5.51. The lowest BCUT2D eigenvalue weighted by Crippen LogP contribution is -2.54. The number of benzene rings is 2. The highest BCUT2D eigenvalue weighted by molar-refractivity contribution is 7.94. The average Bonchev–Trinajstić information content (AvgIpc) is 3.02.